The van der Waals surface area contributed by atoms with Gasteiger partial charge in [-0.15, -0.1) is 0 Å². The number of aryl methyl sites for hydroxylation is 1. The van der Waals surface area contributed by atoms with Crippen LogP contribution in [0.5, 0.6) is 0 Å². The van der Waals surface area contributed by atoms with Gasteiger partial charge in [-0.25, -0.2) is 0 Å². The first-order chi connectivity index (χ1) is 12.0. The Morgan fingerprint density at radius 1 is 1.16 bits per heavy atom. The number of anilines is 1. The molecule has 6 nitrogen and oxygen atoms in total. The van der Waals surface area contributed by atoms with E-state index in [2.05, 4.69) is 17.0 Å². The Kier molecular flexibility index (Phi) is 5.19. The molecule has 1 aliphatic rings. The highest BCUT2D eigenvalue weighted by atomic mass is 16.5. The summed E-state index contributed by atoms with van der Waals surface area (Å²) < 4.78 is 6.82. The number of rotatable bonds is 4. The first-order valence-corrected chi connectivity index (χ1v) is 8.38. The molecule has 0 radical (unpaired) electrons. The summed E-state index contributed by atoms with van der Waals surface area (Å²) in [6.07, 6.45) is 1.61. The van der Waals surface area contributed by atoms with E-state index in [1.807, 2.05) is 12.1 Å². The van der Waals surface area contributed by atoms with Crippen LogP contribution in [0.3, 0.4) is 0 Å². The number of ether oxygens (including phenoxy) is 1. The van der Waals surface area contributed by atoms with Gasteiger partial charge in [-0.2, -0.15) is 0 Å². The molecule has 1 aliphatic heterocycles. The molecule has 1 saturated heterocycles. The number of hydrogen-bond acceptors (Lipinski definition) is 4. The predicted molar refractivity (Wildman–Crippen MR) is 97.0 cm³/mol. The van der Waals surface area contributed by atoms with Gasteiger partial charge in [-0.1, -0.05) is 12.1 Å². The third-order valence-corrected chi connectivity index (χ3v) is 4.43. The van der Waals surface area contributed by atoms with Crippen LogP contribution in [-0.2, 0) is 18.3 Å². The summed E-state index contributed by atoms with van der Waals surface area (Å²) in [5.41, 5.74) is 2.45. The fraction of sp³-hybridized carbons (Fsp3) is 0.368. The van der Waals surface area contributed by atoms with Gasteiger partial charge in [-0.05, 0) is 23.8 Å². The molecule has 0 N–H and O–H groups in total. The molecular formula is C19H23N3O3. The van der Waals surface area contributed by atoms with Crippen molar-refractivity contribution in [3.05, 3.63) is 64.1 Å². The third kappa shape index (κ3) is 4.09. The summed E-state index contributed by atoms with van der Waals surface area (Å²) in [5, 5.41) is 0. The average molecular weight is 341 g/mol. The van der Waals surface area contributed by atoms with E-state index in [9.17, 15) is 9.59 Å². The van der Waals surface area contributed by atoms with E-state index in [4.69, 9.17) is 4.74 Å². The third-order valence-electron chi connectivity index (χ3n) is 4.43. The van der Waals surface area contributed by atoms with Gasteiger partial charge in [0.15, 0.2) is 0 Å². The standard InChI is InChI=1S/C19H23N3O3/c1-20-8-7-16(13-18(20)23)19(24)21(2)14-15-3-5-17(6-4-15)22-9-11-25-12-10-22/h3-8,13H,9-12,14H2,1-2H3. The van der Waals surface area contributed by atoms with Crippen molar-refractivity contribution in [3.63, 3.8) is 0 Å². The first kappa shape index (κ1) is 17.2. The van der Waals surface area contributed by atoms with Gasteiger partial charge in [0.2, 0.25) is 0 Å². The van der Waals surface area contributed by atoms with Crippen molar-refractivity contribution in [3.8, 4) is 0 Å². The van der Waals surface area contributed by atoms with Gasteiger partial charge in [0.1, 0.15) is 0 Å². The second-order valence-electron chi connectivity index (χ2n) is 6.29. The molecule has 0 bridgehead atoms. The van der Waals surface area contributed by atoms with Crippen LogP contribution in [0.15, 0.2) is 47.4 Å². The van der Waals surface area contributed by atoms with E-state index in [-0.39, 0.29) is 11.5 Å². The molecule has 1 aromatic heterocycles. The summed E-state index contributed by atoms with van der Waals surface area (Å²) in [7, 11) is 3.41. The molecular weight excluding hydrogens is 318 g/mol. The smallest absolute Gasteiger partial charge is 0.254 e. The Bertz CT molecular complexity index is 792. The van der Waals surface area contributed by atoms with Gasteiger partial charge in [0.05, 0.1) is 13.2 Å². The fourth-order valence-electron chi connectivity index (χ4n) is 2.88. The monoisotopic (exact) mass is 341 g/mol. The molecule has 6 heteroatoms. The fourth-order valence-corrected chi connectivity index (χ4v) is 2.88. The van der Waals surface area contributed by atoms with Crippen molar-refractivity contribution in [2.45, 2.75) is 6.54 Å². The minimum absolute atomic E-state index is 0.157. The van der Waals surface area contributed by atoms with Crippen LogP contribution < -0.4 is 10.5 Å². The molecule has 1 amide bonds. The van der Waals surface area contributed by atoms with Crippen LogP contribution in [0.1, 0.15) is 15.9 Å². The number of carbonyl (C=O) groups excluding carboxylic acids is 1. The van der Waals surface area contributed by atoms with E-state index < -0.39 is 0 Å². The van der Waals surface area contributed by atoms with Crippen molar-refractivity contribution < 1.29 is 9.53 Å². The second-order valence-corrected chi connectivity index (χ2v) is 6.29. The Morgan fingerprint density at radius 3 is 2.48 bits per heavy atom. The lowest BCUT2D eigenvalue weighted by atomic mass is 10.1. The van der Waals surface area contributed by atoms with Crippen molar-refractivity contribution in [1.82, 2.24) is 9.47 Å². The Hall–Kier alpha value is -2.60. The van der Waals surface area contributed by atoms with Gasteiger partial charge in [-0.3, -0.25) is 9.59 Å². The molecule has 3 rings (SSSR count). The number of carbonyl (C=O) groups is 1. The Labute approximate surface area is 147 Å². The molecule has 2 aromatic rings. The van der Waals surface area contributed by atoms with Crippen LogP contribution in [0.4, 0.5) is 5.69 Å². The summed E-state index contributed by atoms with van der Waals surface area (Å²) in [4.78, 5) is 28.1. The SMILES string of the molecule is CN(Cc1ccc(N2CCOCC2)cc1)C(=O)c1ccn(C)c(=O)c1. The van der Waals surface area contributed by atoms with Crippen LogP contribution in [-0.4, -0.2) is 48.7 Å². The zero-order valence-corrected chi connectivity index (χ0v) is 14.6. The van der Waals surface area contributed by atoms with E-state index in [0.717, 1.165) is 31.9 Å². The number of aromatic nitrogens is 1. The number of hydrogen-bond donors (Lipinski definition) is 0. The molecule has 1 fully saturated rings. The highest BCUT2D eigenvalue weighted by Crippen LogP contribution is 2.17. The lowest BCUT2D eigenvalue weighted by molar-refractivity contribution is 0.0784. The quantitative estimate of drug-likeness (QED) is 0.846. The zero-order valence-electron chi connectivity index (χ0n) is 14.6. The predicted octanol–water partition coefficient (Wildman–Crippen LogP) is 1.49. The number of benzene rings is 1. The molecule has 2 heterocycles. The van der Waals surface area contributed by atoms with Crippen molar-refractivity contribution in [1.29, 1.82) is 0 Å². The summed E-state index contributed by atoms with van der Waals surface area (Å²) in [6.45, 7) is 3.82. The van der Waals surface area contributed by atoms with E-state index >= 15 is 0 Å². The average Bonchev–Trinajstić information content (AvgIpc) is 2.64. The highest BCUT2D eigenvalue weighted by molar-refractivity contribution is 5.93. The molecule has 0 aliphatic carbocycles. The van der Waals surface area contributed by atoms with Crippen molar-refractivity contribution >= 4 is 11.6 Å². The number of amides is 1. The van der Waals surface area contributed by atoms with E-state index in [0.29, 0.717) is 12.1 Å². The van der Waals surface area contributed by atoms with Gasteiger partial charge < -0.3 is 19.1 Å². The molecule has 25 heavy (non-hydrogen) atoms. The summed E-state index contributed by atoms with van der Waals surface area (Å²) in [5.74, 6) is -0.157. The minimum atomic E-state index is -0.186. The van der Waals surface area contributed by atoms with Crippen molar-refractivity contribution in [2.24, 2.45) is 7.05 Å². The van der Waals surface area contributed by atoms with Gasteiger partial charge >= 0.3 is 0 Å². The Balaban J connectivity index is 1.65. The normalized spacial score (nSPS) is 14.4. The maximum atomic E-state index is 12.5. The lowest BCUT2D eigenvalue weighted by Crippen LogP contribution is -2.36. The molecule has 0 unspecified atom stereocenters. The number of pyridine rings is 1. The first-order valence-electron chi connectivity index (χ1n) is 8.38. The second kappa shape index (κ2) is 7.53. The van der Waals surface area contributed by atoms with Crippen LogP contribution in [0.2, 0.25) is 0 Å². The summed E-state index contributed by atoms with van der Waals surface area (Å²) >= 11 is 0. The van der Waals surface area contributed by atoms with E-state index in [1.165, 1.54) is 16.3 Å². The van der Waals surface area contributed by atoms with E-state index in [1.54, 1.807) is 31.3 Å². The molecule has 0 atom stereocenters. The molecule has 0 spiro atoms. The molecule has 0 saturated carbocycles. The number of nitrogens with zero attached hydrogens (tertiary/aromatic N) is 3. The highest BCUT2D eigenvalue weighted by Gasteiger charge is 2.14. The summed E-state index contributed by atoms with van der Waals surface area (Å²) in [6, 6.07) is 11.3. The molecule has 132 valence electrons. The Morgan fingerprint density at radius 2 is 1.84 bits per heavy atom. The van der Waals surface area contributed by atoms with Gasteiger partial charge in [0.25, 0.3) is 11.5 Å². The lowest BCUT2D eigenvalue weighted by Gasteiger charge is -2.29. The maximum Gasteiger partial charge on any atom is 0.254 e. The minimum Gasteiger partial charge on any atom is -0.378 e. The van der Waals surface area contributed by atoms with Crippen molar-refractivity contribution in [2.75, 3.05) is 38.3 Å². The van der Waals surface area contributed by atoms with Gasteiger partial charge in [0, 0.05) is 57.2 Å². The zero-order chi connectivity index (χ0) is 17.8. The van der Waals surface area contributed by atoms with Crippen LogP contribution in [0, 0.1) is 0 Å². The van der Waals surface area contributed by atoms with Crippen LogP contribution >= 0.6 is 0 Å². The topological polar surface area (TPSA) is 54.8 Å². The maximum absolute atomic E-state index is 12.5. The number of morpholine rings is 1. The van der Waals surface area contributed by atoms with Crippen LogP contribution in [0.25, 0.3) is 0 Å². The molecule has 1 aromatic carbocycles. The largest absolute Gasteiger partial charge is 0.378 e.